The Morgan fingerprint density at radius 3 is 2.41 bits per heavy atom. The van der Waals surface area contributed by atoms with E-state index in [1.165, 1.54) is 38.2 Å². The first-order chi connectivity index (χ1) is 13.7. The lowest BCUT2D eigenvalue weighted by molar-refractivity contribution is -0.132. The van der Waals surface area contributed by atoms with Gasteiger partial charge >= 0.3 is 0 Å². The molecule has 0 aliphatic carbocycles. The summed E-state index contributed by atoms with van der Waals surface area (Å²) in [5, 5.41) is 0.601. The molecule has 2 aromatic carbocycles. The summed E-state index contributed by atoms with van der Waals surface area (Å²) in [7, 11) is -2.47. The Morgan fingerprint density at radius 1 is 1.14 bits per heavy atom. The third kappa shape index (κ3) is 4.52. The molecule has 0 saturated carbocycles. The van der Waals surface area contributed by atoms with Crippen molar-refractivity contribution in [3.05, 3.63) is 64.7 Å². The topological polar surface area (TPSA) is 74.8 Å². The number of likely N-dealkylation sites (tertiary alicyclic amines) is 1. The zero-order chi connectivity index (χ0) is 21.2. The summed E-state index contributed by atoms with van der Waals surface area (Å²) < 4.78 is 26.7. The quantitative estimate of drug-likeness (QED) is 0.652. The summed E-state index contributed by atoms with van der Waals surface area (Å²) in [4.78, 5) is 26.0. The minimum absolute atomic E-state index is 0.0434. The maximum Gasteiger partial charge on any atom is 0.243 e. The molecule has 1 heterocycles. The van der Waals surface area contributed by atoms with Crippen LogP contribution in [-0.4, -0.2) is 49.5 Å². The van der Waals surface area contributed by atoms with Crippen molar-refractivity contribution < 1.29 is 18.0 Å². The van der Waals surface area contributed by atoms with E-state index in [-0.39, 0.29) is 29.2 Å². The number of carbonyl (C=O) groups is 2. The summed E-state index contributed by atoms with van der Waals surface area (Å²) in [5.41, 5.74) is 1.31. The second-order valence-electron chi connectivity index (χ2n) is 7.11. The monoisotopic (exact) mass is 434 g/mol. The molecule has 1 saturated heterocycles. The van der Waals surface area contributed by atoms with Crippen LogP contribution in [0.2, 0.25) is 5.02 Å². The molecule has 0 N–H and O–H groups in total. The van der Waals surface area contributed by atoms with Crippen LogP contribution in [-0.2, 0) is 14.8 Å². The maximum atomic E-state index is 12.9. The van der Waals surface area contributed by atoms with Crippen LogP contribution in [0, 0.1) is 0 Å². The molecule has 2 aromatic rings. The molecule has 0 aromatic heterocycles. The van der Waals surface area contributed by atoms with Crippen molar-refractivity contribution in [2.45, 2.75) is 30.7 Å². The highest BCUT2D eigenvalue weighted by Gasteiger charge is 2.33. The minimum atomic E-state index is -3.85. The molecule has 1 aliphatic rings. The van der Waals surface area contributed by atoms with Crippen LogP contribution in [0.1, 0.15) is 41.7 Å². The number of Topliss-reactive ketones (excluding diaryl/α,β-unsaturated/α-hetero) is 1. The zero-order valence-electron chi connectivity index (χ0n) is 16.3. The number of hydrogen-bond acceptors (Lipinski definition) is 4. The Balaban J connectivity index is 1.75. The van der Waals surface area contributed by atoms with E-state index in [0.717, 1.165) is 22.7 Å². The van der Waals surface area contributed by atoms with E-state index >= 15 is 0 Å². The molecule has 1 aliphatic heterocycles. The molecule has 1 amide bonds. The van der Waals surface area contributed by atoms with Crippen LogP contribution in [0.3, 0.4) is 0 Å². The van der Waals surface area contributed by atoms with Crippen molar-refractivity contribution >= 4 is 33.3 Å². The number of ketones is 1. The second kappa shape index (κ2) is 8.65. The normalized spacial score (nSPS) is 17.0. The Morgan fingerprint density at radius 2 is 1.79 bits per heavy atom. The van der Waals surface area contributed by atoms with Crippen LogP contribution in [0.15, 0.2) is 53.4 Å². The lowest BCUT2D eigenvalue weighted by Gasteiger charge is -2.27. The largest absolute Gasteiger partial charge is 0.334 e. The summed E-state index contributed by atoms with van der Waals surface area (Å²) in [6.07, 6.45) is 1.63. The first-order valence-corrected chi connectivity index (χ1v) is 11.1. The van der Waals surface area contributed by atoms with Crippen molar-refractivity contribution in [2.24, 2.45) is 0 Å². The third-order valence-electron chi connectivity index (χ3n) is 5.16. The van der Waals surface area contributed by atoms with Crippen LogP contribution in [0.25, 0.3) is 0 Å². The maximum absolute atomic E-state index is 12.9. The molecular formula is C21H23ClN2O4S. The molecule has 8 heteroatoms. The van der Waals surface area contributed by atoms with Gasteiger partial charge in [0.05, 0.1) is 17.5 Å². The highest BCUT2D eigenvalue weighted by Crippen LogP contribution is 2.35. The first kappa shape index (κ1) is 21.5. The highest BCUT2D eigenvalue weighted by molar-refractivity contribution is 7.89. The number of halogens is 1. The summed E-state index contributed by atoms with van der Waals surface area (Å²) in [5.74, 6) is -0.407. The molecule has 154 valence electrons. The SMILES string of the molecule is CC(=O)c1ccc(S(=O)(=O)N(C)CC(=O)N2CCCC2c2ccccc2Cl)cc1. The second-order valence-corrected chi connectivity index (χ2v) is 9.56. The average molecular weight is 435 g/mol. The van der Waals surface area contributed by atoms with E-state index in [0.29, 0.717) is 17.1 Å². The number of likely N-dealkylation sites (N-methyl/N-ethyl adjacent to an activating group) is 1. The summed E-state index contributed by atoms with van der Waals surface area (Å²) >= 11 is 6.30. The third-order valence-corrected chi connectivity index (χ3v) is 7.33. The number of hydrogen-bond donors (Lipinski definition) is 0. The van der Waals surface area contributed by atoms with Crippen molar-refractivity contribution in [1.29, 1.82) is 0 Å². The Bertz CT molecular complexity index is 1020. The molecule has 1 atom stereocenters. The number of sulfonamides is 1. The van der Waals surface area contributed by atoms with E-state index < -0.39 is 10.0 Å². The van der Waals surface area contributed by atoms with Gasteiger partial charge in [-0.1, -0.05) is 41.9 Å². The first-order valence-electron chi connectivity index (χ1n) is 9.33. The fraction of sp³-hybridized carbons (Fsp3) is 0.333. The van der Waals surface area contributed by atoms with Gasteiger partial charge in [-0.2, -0.15) is 4.31 Å². The molecule has 0 spiro atoms. The molecule has 0 bridgehead atoms. The zero-order valence-corrected chi connectivity index (χ0v) is 17.9. The van der Waals surface area contributed by atoms with Gasteiger partial charge in [-0.15, -0.1) is 0 Å². The number of rotatable bonds is 6. The van der Waals surface area contributed by atoms with E-state index in [4.69, 9.17) is 11.6 Å². The van der Waals surface area contributed by atoms with Crippen molar-refractivity contribution in [1.82, 2.24) is 9.21 Å². The number of carbonyl (C=O) groups excluding carboxylic acids is 2. The van der Waals surface area contributed by atoms with Gasteiger partial charge in [0.25, 0.3) is 0 Å². The lowest BCUT2D eigenvalue weighted by atomic mass is 10.0. The van der Waals surface area contributed by atoms with E-state index in [2.05, 4.69) is 0 Å². The van der Waals surface area contributed by atoms with Crippen molar-refractivity contribution in [3.8, 4) is 0 Å². The smallest absolute Gasteiger partial charge is 0.243 e. The van der Waals surface area contributed by atoms with Gasteiger partial charge in [0.2, 0.25) is 15.9 Å². The van der Waals surface area contributed by atoms with Gasteiger partial charge in [-0.25, -0.2) is 8.42 Å². The predicted octanol–water partition coefficient (Wildman–Crippen LogP) is 3.53. The van der Waals surface area contributed by atoms with Gasteiger partial charge in [0, 0.05) is 24.2 Å². The molecule has 1 fully saturated rings. The molecule has 3 rings (SSSR count). The van der Waals surface area contributed by atoms with Gasteiger partial charge in [-0.3, -0.25) is 9.59 Å². The minimum Gasteiger partial charge on any atom is -0.334 e. The average Bonchev–Trinajstić information content (AvgIpc) is 3.18. The van der Waals surface area contributed by atoms with Crippen molar-refractivity contribution in [3.63, 3.8) is 0 Å². The number of nitrogens with zero attached hydrogens (tertiary/aromatic N) is 2. The summed E-state index contributed by atoms with van der Waals surface area (Å²) in [6, 6.07) is 13.0. The van der Waals surface area contributed by atoms with Crippen LogP contribution >= 0.6 is 11.6 Å². The molecule has 1 unspecified atom stereocenters. The van der Waals surface area contributed by atoms with Crippen LogP contribution < -0.4 is 0 Å². The van der Waals surface area contributed by atoms with E-state index in [1.807, 2.05) is 18.2 Å². The van der Waals surface area contributed by atoms with Crippen LogP contribution in [0.4, 0.5) is 0 Å². The molecule has 0 radical (unpaired) electrons. The molecule has 29 heavy (non-hydrogen) atoms. The van der Waals surface area contributed by atoms with E-state index in [9.17, 15) is 18.0 Å². The molecular weight excluding hydrogens is 412 g/mol. The van der Waals surface area contributed by atoms with Gasteiger partial charge in [-0.05, 0) is 43.5 Å². The lowest BCUT2D eigenvalue weighted by Crippen LogP contribution is -2.40. The Hall–Kier alpha value is -2.22. The van der Waals surface area contributed by atoms with Gasteiger partial charge in [0.15, 0.2) is 5.78 Å². The highest BCUT2D eigenvalue weighted by atomic mass is 35.5. The Kier molecular flexibility index (Phi) is 6.41. The Labute approximate surface area is 176 Å². The fourth-order valence-corrected chi connectivity index (χ4v) is 4.92. The number of amides is 1. The van der Waals surface area contributed by atoms with Gasteiger partial charge < -0.3 is 4.90 Å². The predicted molar refractivity (Wildman–Crippen MR) is 111 cm³/mol. The number of benzene rings is 2. The standard InChI is InChI=1S/C21H23ClN2O4S/c1-15(25)16-9-11-17(12-10-16)29(27,28)23(2)14-21(26)24-13-5-8-20(24)18-6-3-4-7-19(18)22/h3-4,6-7,9-12,20H,5,8,13-14H2,1-2H3. The van der Waals surface area contributed by atoms with Crippen molar-refractivity contribution in [2.75, 3.05) is 20.1 Å². The van der Waals surface area contributed by atoms with Crippen LogP contribution in [0.5, 0.6) is 0 Å². The van der Waals surface area contributed by atoms with E-state index in [1.54, 1.807) is 11.0 Å². The van der Waals surface area contributed by atoms with Gasteiger partial charge in [0.1, 0.15) is 0 Å². The fourth-order valence-electron chi connectivity index (χ4n) is 3.54. The molecule has 6 nitrogen and oxygen atoms in total. The summed E-state index contributed by atoms with van der Waals surface area (Å²) in [6.45, 7) is 1.72.